The average molecular weight is 351 g/mol. The molecule has 7 heteroatoms. The quantitative estimate of drug-likeness (QED) is 0.790. The molecule has 21 heavy (non-hydrogen) atoms. The van der Waals surface area contributed by atoms with Crippen LogP contribution < -0.4 is 15.8 Å². The first-order chi connectivity index (χ1) is 10.1. The molecule has 1 fully saturated rings. The molecule has 6 nitrogen and oxygen atoms in total. The van der Waals surface area contributed by atoms with Crippen molar-refractivity contribution in [1.82, 2.24) is 10.2 Å². The number of rotatable bonds is 4. The molecule has 1 aliphatic carbocycles. The number of H-pyrrole nitrogens is 1. The molecule has 0 bridgehead atoms. The maximum Gasteiger partial charge on any atom is 0.278 e. The van der Waals surface area contributed by atoms with Crippen LogP contribution in [-0.2, 0) is 0 Å². The van der Waals surface area contributed by atoms with E-state index < -0.39 is 0 Å². The fourth-order valence-corrected chi connectivity index (χ4v) is 2.54. The lowest BCUT2D eigenvalue weighted by Crippen LogP contribution is -2.15. The monoisotopic (exact) mass is 350 g/mol. The Kier molecular flexibility index (Phi) is 3.59. The third-order valence-corrected chi connectivity index (χ3v) is 3.94. The van der Waals surface area contributed by atoms with Crippen molar-refractivity contribution in [2.75, 3.05) is 18.2 Å². The number of amides is 1. The van der Waals surface area contributed by atoms with Crippen molar-refractivity contribution in [2.24, 2.45) is 0 Å². The van der Waals surface area contributed by atoms with E-state index in [9.17, 15) is 4.79 Å². The van der Waals surface area contributed by atoms with E-state index in [1.807, 2.05) is 6.07 Å². The summed E-state index contributed by atoms with van der Waals surface area (Å²) in [6.45, 7) is 0. The summed E-state index contributed by atoms with van der Waals surface area (Å²) in [6, 6.07) is 5.37. The van der Waals surface area contributed by atoms with Gasteiger partial charge in [0.15, 0.2) is 5.69 Å². The van der Waals surface area contributed by atoms with Gasteiger partial charge in [0.25, 0.3) is 5.91 Å². The first-order valence-corrected chi connectivity index (χ1v) is 7.38. The van der Waals surface area contributed by atoms with Crippen molar-refractivity contribution in [3.63, 3.8) is 0 Å². The summed E-state index contributed by atoms with van der Waals surface area (Å²) >= 11 is 3.36. The zero-order valence-corrected chi connectivity index (χ0v) is 13.0. The number of nitrogens with two attached hydrogens (primary N) is 1. The summed E-state index contributed by atoms with van der Waals surface area (Å²) in [7, 11) is 1.55. The fourth-order valence-electron chi connectivity index (χ4n) is 2.18. The minimum absolute atomic E-state index is 0.221. The van der Waals surface area contributed by atoms with E-state index >= 15 is 0 Å². The van der Waals surface area contributed by atoms with Gasteiger partial charge in [0.1, 0.15) is 5.75 Å². The number of aromatic amines is 1. The molecule has 2 aromatic rings. The molecule has 0 radical (unpaired) electrons. The number of halogens is 1. The minimum atomic E-state index is -0.355. The summed E-state index contributed by atoms with van der Waals surface area (Å²) in [5.74, 6) is 0.634. The third-order valence-electron chi connectivity index (χ3n) is 3.44. The van der Waals surface area contributed by atoms with Gasteiger partial charge in [-0.05, 0) is 31.0 Å². The van der Waals surface area contributed by atoms with Gasteiger partial charge in [-0.25, -0.2) is 0 Å². The Morgan fingerprint density at radius 3 is 2.95 bits per heavy atom. The highest BCUT2D eigenvalue weighted by Crippen LogP contribution is 2.42. The Hall–Kier alpha value is -2.02. The van der Waals surface area contributed by atoms with Crippen LogP contribution in [-0.4, -0.2) is 23.2 Å². The van der Waals surface area contributed by atoms with Crippen LogP contribution in [0, 0.1) is 0 Å². The number of hydrogen-bond acceptors (Lipinski definition) is 4. The van der Waals surface area contributed by atoms with Crippen molar-refractivity contribution < 1.29 is 9.53 Å². The number of nitrogens with one attached hydrogen (secondary N) is 2. The Bertz CT molecular complexity index is 694. The lowest BCUT2D eigenvalue weighted by atomic mass is 10.2. The highest BCUT2D eigenvalue weighted by molar-refractivity contribution is 9.10. The van der Waals surface area contributed by atoms with Gasteiger partial charge in [0.05, 0.1) is 24.2 Å². The first-order valence-electron chi connectivity index (χ1n) is 6.58. The Morgan fingerprint density at radius 1 is 1.52 bits per heavy atom. The van der Waals surface area contributed by atoms with Crippen molar-refractivity contribution in [3.8, 4) is 5.75 Å². The average Bonchev–Trinajstić information content (AvgIpc) is 3.22. The second kappa shape index (κ2) is 5.40. The summed E-state index contributed by atoms with van der Waals surface area (Å²) in [5, 5.41) is 9.68. The number of hydrogen-bond donors (Lipinski definition) is 3. The van der Waals surface area contributed by atoms with Crippen LogP contribution in [0.2, 0.25) is 0 Å². The fraction of sp³-hybridized carbons (Fsp3) is 0.286. The number of nitrogen functional groups attached to an aromatic ring is 1. The molecular formula is C14H15BrN4O2. The van der Waals surface area contributed by atoms with Gasteiger partial charge in [-0.2, -0.15) is 5.10 Å². The largest absolute Gasteiger partial charge is 0.495 e. The van der Waals surface area contributed by atoms with Gasteiger partial charge in [0, 0.05) is 10.4 Å². The maximum atomic E-state index is 12.3. The summed E-state index contributed by atoms with van der Waals surface area (Å²) in [5.41, 5.74) is 8.08. The minimum Gasteiger partial charge on any atom is -0.495 e. The molecule has 1 saturated carbocycles. The lowest BCUT2D eigenvalue weighted by molar-refractivity contribution is 0.102. The normalized spacial score (nSPS) is 14.0. The van der Waals surface area contributed by atoms with Gasteiger partial charge >= 0.3 is 0 Å². The number of carbonyl (C=O) groups is 1. The standard InChI is InChI=1S/C14H15BrN4O2/c1-21-10-5-4-8(15)6-9(10)17-14(20)13-11(16)12(18-19-13)7-2-3-7/h4-7H,2-3,16H2,1H3,(H,17,20)(H,18,19). The van der Waals surface area contributed by atoms with E-state index in [1.54, 1.807) is 19.2 Å². The van der Waals surface area contributed by atoms with E-state index in [0.29, 0.717) is 23.0 Å². The van der Waals surface area contributed by atoms with Crippen LogP contribution in [0.5, 0.6) is 5.75 Å². The molecular weight excluding hydrogens is 336 g/mol. The highest BCUT2D eigenvalue weighted by atomic mass is 79.9. The van der Waals surface area contributed by atoms with Crippen molar-refractivity contribution >= 4 is 33.2 Å². The highest BCUT2D eigenvalue weighted by Gasteiger charge is 2.30. The Morgan fingerprint density at radius 2 is 2.29 bits per heavy atom. The zero-order valence-electron chi connectivity index (χ0n) is 11.4. The second-order valence-electron chi connectivity index (χ2n) is 4.97. The molecule has 0 atom stereocenters. The lowest BCUT2D eigenvalue weighted by Gasteiger charge is -2.10. The predicted molar refractivity (Wildman–Crippen MR) is 83.6 cm³/mol. The van der Waals surface area contributed by atoms with Crippen LogP contribution in [0.1, 0.15) is 34.9 Å². The maximum absolute atomic E-state index is 12.3. The van der Waals surface area contributed by atoms with Gasteiger partial charge in [0.2, 0.25) is 0 Å². The molecule has 1 heterocycles. The molecule has 0 saturated heterocycles. The van der Waals surface area contributed by atoms with Crippen molar-refractivity contribution in [3.05, 3.63) is 34.1 Å². The molecule has 0 aliphatic heterocycles. The third kappa shape index (κ3) is 2.73. The molecule has 0 spiro atoms. The van der Waals surface area contributed by atoms with Crippen molar-refractivity contribution in [2.45, 2.75) is 18.8 Å². The Balaban J connectivity index is 1.85. The summed E-state index contributed by atoms with van der Waals surface area (Å²) in [6.07, 6.45) is 2.18. The van der Waals surface area contributed by atoms with Gasteiger partial charge in [-0.3, -0.25) is 9.89 Å². The molecule has 1 aromatic carbocycles. The summed E-state index contributed by atoms with van der Waals surface area (Å²) < 4.78 is 6.07. The number of anilines is 2. The molecule has 1 aromatic heterocycles. The summed E-state index contributed by atoms with van der Waals surface area (Å²) in [4.78, 5) is 12.3. The first kappa shape index (κ1) is 13.9. The van der Waals surface area contributed by atoms with E-state index in [1.165, 1.54) is 0 Å². The molecule has 1 amide bonds. The van der Waals surface area contributed by atoms with Crippen LogP contribution in [0.25, 0.3) is 0 Å². The van der Waals surface area contributed by atoms with Crippen LogP contribution >= 0.6 is 15.9 Å². The molecule has 3 rings (SSSR count). The number of carbonyl (C=O) groups excluding carboxylic acids is 1. The number of ether oxygens (including phenoxy) is 1. The van der Waals surface area contributed by atoms with E-state index in [4.69, 9.17) is 10.5 Å². The molecule has 1 aliphatic rings. The van der Waals surface area contributed by atoms with E-state index in [2.05, 4.69) is 31.4 Å². The van der Waals surface area contributed by atoms with Gasteiger partial charge in [-0.15, -0.1) is 0 Å². The van der Waals surface area contributed by atoms with Crippen LogP contribution in [0.4, 0.5) is 11.4 Å². The topological polar surface area (TPSA) is 93.0 Å². The van der Waals surface area contributed by atoms with Crippen molar-refractivity contribution in [1.29, 1.82) is 0 Å². The number of nitrogens with zero attached hydrogens (tertiary/aromatic N) is 1. The van der Waals surface area contributed by atoms with Gasteiger partial charge < -0.3 is 15.8 Å². The number of benzene rings is 1. The smallest absolute Gasteiger partial charge is 0.278 e. The second-order valence-corrected chi connectivity index (χ2v) is 5.89. The Labute approximate surface area is 130 Å². The zero-order chi connectivity index (χ0) is 15.0. The van der Waals surface area contributed by atoms with E-state index in [0.717, 1.165) is 23.0 Å². The SMILES string of the molecule is COc1ccc(Br)cc1NC(=O)c1n[nH]c(C2CC2)c1N. The molecule has 110 valence electrons. The van der Waals surface area contributed by atoms with Crippen LogP contribution in [0.15, 0.2) is 22.7 Å². The van der Waals surface area contributed by atoms with E-state index in [-0.39, 0.29) is 11.6 Å². The van der Waals surface area contributed by atoms with Gasteiger partial charge in [-0.1, -0.05) is 15.9 Å². The van der Waals surface area contributed by atoms with Crippen LogP contribution in [0.3, 0.4) is 0 Å². The number of aromatic nitrogens is 2. The number of methoxy groups -OCH3 is 1. The molecule has 4 N–H and O–H groups in total. The predicted octanol–water partition coefficient (Wildman–Crippen LogP) is 2.89. The molecule has 0 unspecified atom stereocenters.